The molecule has 0 aliphatic carbocycles. The highest BCUT2D eigenvalue weighted by atomic mass is 35.5. The summed E-state index contributed by atoms with van der Waals surface area (Å²) in [6, 6.07) is 28.4. The summed E-state index contributed by atoms with van der Waals surface area (Å²) < 4.78 is 0. The SMILES string of the molecule is O=c1[nH]c(C[NH+](Cc2ccccc2)Cc2ccccc2)nc2scc(-c3ccc(Cl)cc3)c12. The van der Waals surface area contributed by atoms with E-state index >= 15 is 0 Å². The predicted molar refractivity (Wildman–Crippen MR) is 136 cm³/mol. The summed E-state index contributed by atoms with van der Waals surface area (Å²) in [7, 11) is 0. The monoisotopic (exact) mass is 472 g/mol. The van der Waals surface area contributed by atoms with Crippen molar-refractivity contribution in [1.82, 2.24) is 9.97 Å². The maximum Gasteiger partial charge on any atom is 0.260 e. The molecule has 0 aliphatic heterocycles. The van der Waals surface area contributed by atoms with Crippen LogP contribution in [0.2, 0.25) is 5.02 Å². The van der Waals surface area contributed by atoms with Gasteiger partial charge in [0.1, 0.15) is 24.5 Å². The molecule has 164 valence electrons. The molecule has 0 unspecified atom stereocenters. The van der Waals surface area contributed by atoms with E-state index in [9.17, 15) is 4.79 Å². The normalized spacial score (nSPS) is 11.3. The highest BCUT2D eigenvalue weighted by molar-refractivity contribution is 7.17. The van der Waals surface area contributed by atoms with E-state index in [1.54, 1.807) is 0 Å². The van der Waals surface area contributed by atoms with E-state index in [0.29, 0.717) is 22.8 Å². The average Bonchev–Trinajstić information content (AvgIpc) is 3.25. The van der Waals surface area contributed by atoms with Crippen molar-refractivity contribution < 1.29 is 4.90 Å². The first-order chi connectivity index (χ1) is 16.2. The molecule has 5 aromatic rings. The van der Waals surface area contributed by atoms with Gasteiger partial charge in [-0.1, -0.05) is 84.4 Å². The van der Waals surface area contributed by atoms with Crippen molar-refractivity contribution in [2.75, 3.05) is 0 Å². The lowest BCUT2D eigenvalue weighted by molar-refractivity contribution is -0.941. The number of hydrogen-bond donors (Lipinski definition) is 2. The third-order valence-corrected chi connectivity index (χ3v) is 6.78. The molecule has 0 spiro atoms. The molecule has 0 fully saturated rings. The van der Waals surface area contributed by atoms with Crippen LogP contribution in [0.4, 0.5) is 0 Å². The summed E-state index contributed by atoms with van der Waals surface area (Å²) in [6.45, 7) is 2.32. The lowest BCUT2D eigenvalue weighted by atomic mass is 10.1. The Morgan fingerprint density at radius 2 is 1.42 bits per heavy atom. The van der Waals surface area contributed by atoms with Gasteiger partial charge in [-0.2, -0.15) is 0 Å². The molecule has 2 N–H and O–H groups in total. The predicted octanol–water partition coefficient (Wildman–Crippen LogP) is 5.09. The topological polar surface area (TPSA) is 50.2 Å². The number of nitrogens with zero attached hydrogens (tertiary/aromatic N) is 1. The maximum absolute atomic E-state index is 13.1. The summed E-state index contributed by atoms with van der Waals surface area (Å²) in [4.78, 5) is 23.1. The lowest BCUT2D eigenvalue weighted by Gasteiger charge is -2.19. The number of benzene rings is 3. The van der Waals surface area contributed by atoms with Crippen molar-refractivity contribution in [2.24, 2.45) is 0 Å². The van der Waals surface area contributed by atoms with Crippen molar-refractivity contribution in [2.45, 2.75) is 19.6 Å². The molecule has 0 radical (unpaired) electrons. The van der Waals surface area contributed by atoms with Crippen LogP contribution in [0.25, 0.3) is 21.3 Å². The van der Waals surface area contributed by atoms with Crippen molar-refractivity contribution >= 4 is 33.2 Å². The Morgan fingerprint density at radius 1 is 0.818 bits per heavy atom. The van der Waals surface area contributed by atoms with E-state index in [1.165, 1.54) is 27.4 Å². The molecule has 5 rings (SSSR count). The van der Waals surface area contributed by atoms with Crippen molar-refractivity contribution in [1.29, 1.82) is 0 Å². The van der Waals surface area contributed by atoms with Gasteiger partial charge < -0.3 is 9.88 Å². The van der Waals surface area contributed by atoms with E-state index in [1.807, 2.05) is 41.8 Å². The third kappa shape index (κ3) is 5.06. The van der Waals surface area contributed by atoms with Gasteiger partial charge in [0.25, 0.3) is 5.56 Å². The van der Waals surface area contributed by atoms with Crippen LogP contribution in [-0.2, 0) is 19.6 Å². The Labute approximate surface area is 201 Å². The number of aromatic nitrogens is 2. The van der Waals surface area contributed by atoms with Crippen LogP contribution < -0.4 is 10.5 Å². The standard InChI is InChI=1S/C27H22ClN3OS/c28-22-13-11-21(12-14-22)23-18-33-27-25(23)26(32)29-24(30-27)17-31(15-19-7-3-1-4-8-19)16-20-9-5-2-6-10-20/h1-14,18H,15-17H2,(H,29,30,32)/p+1. The number of hydrogen-bond acceptors (Lipinski definition) is 3. The van der Waals surface area contributed by atoms with Crippen LogP contribution in [0.1, 0.15) is 17.0 Å². The first-order valence-corrected chi connectivity index (χ1v) is 12.1. The van der Waals surface area contributed by atoms with Crippen molar-refractivity contribution in [3.63, 3.8) is 0 Å². The lowest BCUT2D eigenvalue weighted by Crippen LogP contribution is -3.08. The number of fused-ring (bicyclic) bond motifs is 1. The zero-order valence-electron chi connectivity index (χ0n) is 17.9. The van der Waals surface area contributed by atoms with Gasteiger partial charge in [0.05, 0.1) is 5.39 Å². The van der Waals surface area contributed by atoms with Crippen molar-refractivity contribution in [3.05, 3.63) is 123 Å². The minimum absolute atomic E-state index is 0.0972. The Balaban J connectivity index is 1.46. The molecule has 6 heteroatoms. The fraction of sp³-hybridized carbons (Fsp3) is 0.111. The van der Waals surface area contributed by atoms with Crippen LogP contribution in [0.15, 0.2) is 95.1 Å². The van der Waals surface area contributed by atoms with Gasteiger partial charge in [-0.25, -0.2) is 4.98 Å². The molecular formula is C27H23ClN3OS+. The molecule has 0 aliphatic rings. The highest BCUT2D eigenvalue weighted by Gasteiger charge is 2.17. The second-order valence-electron chi connectivity index (χ2n) is 8.10. The summed E-state index contributed by atoms with van der Waals surface area (Å²) in [5, 5.41) is 3.31. The van der Waals surface area contributed by atoms with Gasteiger partial charge in [0.15, 0.2) is 5.82 Å². The van der Waals surface area contributed by atoms with Gasteiger partial charge >= 0.3 is 0 Å². The second-order valence-corrected chi connectivity index (χ2v) is 9.40. The second kappa shape index (κ2) is 9.71. The molecular weight excluding hydrogens is 450 g/mol. The van der Waals surface area contributed by atoms with Crippen LogP contribution in [-0.4, -0.2) is 9.97 Å². The van der Waals surface area contributed by atoms with E-state index in [-0.39, 0.29) is 5.56 Å². The highest BCUT2D eigenvalue weighted by Crippen LogP contribution is 2.31. The first-order valence-electron chi connectivity index (χ1n) is 10.8. The van der Waals surface area contributed by atoms with Gasteiger partial charge in [0.2, 0.25) is 0 Å². The fourth-order valence-corrected chi connectivity index (χ4v) is 5.21. The summed E-state index contributed by atoms with van der Waals surface area (Å²) >= 11 is 7.53. The van der Waals surface area contributed by atoms with Gasteiger partial charge in [0, 0.05) is 27.1 Å². The van der Waals surface area contributed by atoms with Crippen LogP contribution >= 0.6 is 22.9 Å². The molecule has 33 heavy (non-hydrogen) atoms. The van der Waals surface area contributed by atoms with Crippen molar-refractivity contribution in [3.8, 4) is 11.1 Å². The molecule has 0 saturated heterocycles. The van der Waals surface area contributed by atoms with Gasteiger partial charge in [-0.15, -0.1) is 11.3 Å². The number of aromatic amines is 1. The molecule has 4 nitrogen and oxygen atoms in total. The number of quaternary nitrogens is 1. The number of halogens is 1. The Bertz CT molecular complexity index is 1370. The average molecular weight is 473 g/mol. The quantitative estimate of drug-likeness (QED) is 0.346. The zero-order chi connectivity index (χ0) is 22.6. The Hall–Kier alpha value is -3.25. The van der Waals surface area contributed by atoms with Gasteiger partial charge in [-0.05, 0) is 17.7 Å². The molecule has 2 heterocycles. The Morgan fingerprint density at radius 3 is 2.03 bits per heavy atom. The van der Waals surface area contributed by atoms with E-state index in [0.717, 1.165) is 29.0 Å². The maximum atomic E-state index is 13.1. The van der Waals surface area contributed by atoms with E-state index in [4.69, 9.17) is 16.6 Å². The van der Waals surface area contributed by atoms with Crippen LogP contribution in [0, 0.1) is 0 Å². The first kappa shape index (κ1) is 21.6. The minimum Gasteiger partial charge on any atom is -0.321 e. The molecule has 2 aromatic heterocycles. The smallest absolute Gasteiger partial charge is 0.260 e. The number of H-pyrrole nitrogens is 1. The minimum atomic E-state index is -0.0972. The zero-order valence-corrected chi connectivity index (χ0v) is 19.5. The third-order valence-electron chi connectivity index (χ3n) is 5.66. The summed E-state index contributed by atoms with van der Waals surface area (Å²) in [5.74, 6) is 0.707. The largest absolute Gasteiger partial charge is 0.321 e. The molecule has 3 aromatic carbocycles. The molecule has 0 bridgehead atoms. The number of rotatable bonds is 7. The van der Waals surface area contributed by atoms with E-state index < -0.39 is 0 Å². The molecule has 0 saturated carbocycles. The van der Waals surface area contributed by atoms with Crippen LogP contribution in [0.3, 0.4) is 0 Å². The number of thiophene rings is 1. The molecule has 0 atom stereocenters. The van der Waals surface area contributed by atoms with E-state index in [2.05, 4.69) is 53.5 Å². The summed E-state index contributed by atoms with van der Waals surface area (Å²) in [5.41, 5.74) is 4.27. The number of nitrogens with one attached hydrogen (secondary N) is 2. The van der Waals surface area contributed by atoms with Gasteiger partial charge in [-0.3, -0.25) is 4.79 Å². The summed E-state index contributed by atoms with van der Waals surface area (Å²) in [6.07, 6.45) is 0. The van der Waals surface area contributed by atoms with Crippen LogP contribution in [0.5, 0.6) is 0 Å². The Kier molecular flexibility index (Phi) is 6.35. The molecule has 0 amide bonds. The fourth-order valence-electron chi connectivity index (χ4n) is 4.11.